The summed E-state index contributed by atoms with van der Waals surface area (Å²) in [5, 5.41) is 0. The molecule has 4 aromatic rings. The third kappa shape index (κ3) is 8.24. The molecule has 0 fully saturated rings. The normalized spacial score (nSPS) is 12.6. The van der Waals surface area contributed by atoms with Gasteiger partial charge in [-0.3, -0.25) is 0 Å². The van der Waals surface area contributed by atoms with Crippen LogP contribution in [0.4, 0.5) is 11.4 Å². The topological polar surface area (TPSA) is 12.5 Å². The highest BCUT2D eigenvalue weighted by Gasteiger charge is 2.30. The summed E-state index contributed by atoms with van der Waals surface area (Å²) in [6, 6.07) is 36.1. The summed E-state index contributed by atoms with van der Waals surface area (Å²) in [4.78, 5) is 2.52. The van der Waals surface area contributed by atoms with Gasteiger partial charge in [-0.2, -0.15) is 0 Å². The number of hydrogen-bond donors (Lipinski definition) is 0. The van der Waals surface area contributed by atoms with Gasteiger partial charge < -0.3 is 9.64 Å². The Morgan fingerprint density at radius 1 is 0.609 bits per heavy atom. The maximum absolute atomic E-state index is 6.58. The van der Waals surface area contributed by atoms with Crippen LogP contribution in [0.2, 0.25) is 0 Å². The van der Waals surface area contributed by atoms with Crippen molar-refractivity contribution in [1.29, 1.82) is 0 Å². The molecule has 0 aliphatic rings. The number of benzene rings is 4. The van der Waals surface area contributed by atoms with Crippen LogP contribution in [0.15, 0.2) is 97.1 Å². The van der Waals surface area contributed by atoms with Crippen molar-refractivity contribution in [2.45, 2.75) is 118 Å². The van der Waals surface area contributed by atoms with Gasteiger partial charge in [-0.05, 0) is 121 Å². The lowest BCUT2D eigenvalue weighted by Crippen LogP contribution is -2.42. The highest BCUT2D eigenvalue weighted by Crippen LogP contribution is 2.39. The summed E-state index contributed by atoms with van der Waals surface area (Å²) in [6.45, 7) is 19.3. The van der Waals surface area contributed by atoms with E-state index in [1.54, 1.807) is 0 Å². The van der Waals surface area contributed by atoms with Crippen LogP contribution in [-0.2, 0) is 5.41 Å². The van der Waals surface area contributed by atoms with Crippen molar-refractivity contribution in [3.63, 3.8) is 0 Å². The van der Waals surface area contributed by atoms with Gasteiger partial charge in [0.15, 0.2) is 0 Å². The minimum atomic E-state index is 0.0230. The van der Waals surface area contributed by atoms with Gasteiger partial charge in [0, 0.05) is 16.9 Å². The first-order valence-electron chi connectivity index (χ1n) is 18.1. The van der Waals surface area contributed by atoms with E-state index in [2.05, 4.69) is 157 Å². The predicted octanol–water partition coefficient (Wildman–Crippen LogP) is 13.4. The molecule has 2 heteroatoms. The fourth-order valence-corrected chi connectivity index (χ4v) is 6.57. The third-order valence-electron chi connectivity index (χ3n) is 10.9. The average molecular weight is 618 g/mol. The molecule has 1 atom stereocenters. The standard InChI is InChI=1S/C44H59NO/c1-9-15-19-34(10-2)33-46-42-31-37(35-22-26-39(27-23-35)43(7,11-3)12-4)30-38(32-42)36-24-28-41(29-25-36)45(44(8,13-5)14-6)40-20-17-16-18-21-40/h16-18,20-32,34H,9-15,19,33H2,1-8H3. The average Bonchev–Trinajstić information content (AvgIpc) is 3.12. The van der Waals surface area contributed by atoms with Crippen molar-refractivity contribution in [3.8, 4) is 28.0 Å². The van der Waals surface area contributed by atoms with Crippen molar-refractivity contribution in [2.75, 3.05) is 11.5 Å². The summed E-state index contributed by atoms with van der Waals surface area (Å²) < 4.78 is 6.58. The number of ether oxygens (including phenoxy) is 1. The minimum absolute atomic E-state index is 0.0230. The molecule has 0 amide bonds. The van der Waals surface area contributed by atoms with Crippen LogP contribution in [0, 0.1) is 5.92 Å². The van der Waals surface area contributed by atoms with Crippen molar-refractivity contribution in [2.24, 2.45) is 5.92 Å². The van der Waals surface area contributed by atoms with Gasteiger partial charge in [-0.15, -0.1) is 0 Å². The van der Waals surface area contributed by atoms with E-state index < -0.39 is 0 Å². The van der Waals surface area contributed by atoms with Crippen molar-refractivity contribution in [3.05, 3.63) is 103 Å². The molecule has 0 heterocycles. The minimum Gasteiger partial charge on any atom is -0.493 e. The number of anilines is 2. The fraction of sp³-hybridized carbons (Fsp3) is 0.455. The van der Waals surface area contributed by atoms with Crippen LogP contribution in [0.5, 0.6) is 5.75 Å². The Bertz CT molecular complexity index is 1460. The Balaban J connectivity index is 1.73. The van der Waals surface area contributed by atoms with Gasteiger partial charge >= 0.3 is 0 Å². The van der Waals surface area contributed by atoms with Gasteiger partial charge in [0.2, 0.25) is 0 Å². The molecule has 0 N–H and O–H groups in total. The lowest BCUT2D eigenvalue weighted by atomic mass is 9.77. The Labute approximate surface area is 281 Å². The second-order valence-electron chi connectivity index (χ2n) is 13.7. The Morgan fingerprint density at radius 3 is 1.65 bits per heavy atom. The first-order valence-corrected chi connectivity index (χ1v) is 18.1. The molecule has 0 spiro atoms. The Hall–Kier alpha value is -3.52. The maximum Gasteiger partial charge on any atom is 0.120 e. The van der Waals surface area contributed by atoms with Gasteiger partial charge in [0.1, 0.15) is 5.75 Å². The SMILES string of the molecule is CCCCC(CC)COc1cc(-c2ccc(N(c3ccccc3)C(C)(CC)CC)cc2)cc(-c2ccc(C(C)(CC)CC)cc2)c1. The zero-order chi connectivity index (χ0) is 33.2. The van der Waals surface area contributed by atoms with Crippen LogP contribution < -0.4 is 9.64 Å². The molecule has 0 bridgehead atoms. The number of nitrogens with zero attached hydrogens (tertiary/aromatic N) is 1. The molecule has 1 unspecified atom stereocenters. The van der Waals surface area contributed by atoms with Crippen LogP contribution in [-0.4, -0.2) is 12.1 Å². The Morgan fingerprint density at radius 2 is 1.15 bits per heavy atom. The molecule has 0 saturated carbocycles. The van der Waals surface area contributed by atoms with Crippen LogP contribution in [0.25, 0.3) is 22.3 Å². The zero-order valence-electron chi connectivity index (χ0n) is 30.0. The molecule has 46 heavy (non-hydrogen) atoms. The highest BCUT2D eigenvalue weighted by molar-refractivity contribution is 5.77. The van der Waals surface area contributed by atoms with Crippen molar-refractivity contribution >= 4 is 11.4 Å². The predicted molar refractivity (Wildman–Crippen MR) is 202 cm³/mol. The smallest absolute Gasteiger partial charge is 0.120 e. The quantitative estimate of drug-likeness (QED) is 0.117. The molecule has 0 aliphatic carbocycles. The summed E-state index contributed by atoms with van der Waals surface area (Å²) in [5.74, 6) is 1.54. The van der Waals surface area contributed by atoms with Gasteiger partial charge in [0.05, 0.1) is 6.61 Å². The maximum atomic E-state index is 6.58. The van der Waals surface area contributed by atoms with Crippen LogP contribution >= 0.6 is 0 Å². The van der Waals surface area contributed by atoms with E-state index in [4.69, 9.17) is 4.74 Å². The molecular formula is C44H59NO. The molecule has 0 aromatic heterocycles. The van der Waals surface area contributed by atoms with Gasteiger partial charge in [0.25, 0.3) is 0 Å². The molecule has 0 aliphatic heterocycles. The molecule has 4 rings (SSSR count). The van der Waals surface area contributed by atoms with E-state index in [1.807, 2.05) is 0 Å². The van der Waals surface area contributed by atoms with E-state index in [9.17, 15) is 0 Å². The summed E-state index contributed by atoms with van der Waals surface area (Å²) in [7, 11) is 0. The summed E-state index contributed by atoms with van der Waals surface area (Å²) >= 11 is 0. The Kier molecular flexibility index (Phi) is 12.6. The molecule has 246 valence electrons. The van der Waals surface area contributed by atoms with Crippen molar-refractivity contribution < 1.29 is 4.74 Å². The van der Waals surface area contributed by atoms with E-state index in [0.717, 1.165) is 44.5 Å². The third-order valence-corrected chi connectivity index (χ3v) is 10.9. The first kappa shape index (κ1) is 35.3. The number of para-hydroxylation sites is 1. The van der Waals surface area contributed by atoms with Crippen molar-refractivity contribution in [1.82, 2.24) is 0 Å². The van der Waals surface area contributed by atoms with Gasteiger partial charge in [-0.25, -0.2) is 0 Å². The molecule has 2 nitrogen and oxygen atoms in total. The molecule has 0 saturated heterocycles. The number of unbranched alkanes of at least 4 members (excludes halogenated alkanes) is 1. The van der Waals surface area contributed by atoms with E-state index >= 15 is 0 Å². The second kappa shape index (κ2) is 16.3. The van der Waals surface area contributed by atoms with E-state index in [1.165, 1.54) is 58.5 Å². The van der Waals surface area contributed by atoms with Gasteiger partial charge in [-0.1, -0.05) is 122 Å². The van der Waals surface area contributed by atoms with E-state index in [-0.39, 0.29) is 11.0 Å². The van der Waals surface area contributed by atoms with E-state index in [0.29, 0.717) is 5.92 Å². The molecular weight excluding hydrogens is 558 g/mol. The fourth-order valence-electron chi connectivity index (χ4n) is 6.57. The monoisotopic (exact) mass is 617 g/mol. The highest BCUT2D eigenvalue weighted by atomic mass is 16.5. The lowest BCUT2D eigenvalue weighted by Gasteiger charge is -2.42. The van der Waals surface area contributed by atoms with Crippen LogP contribution in [0.3, 0.4) is 0 Å². The van der Waals surface area contributed by atoms with Crippen LogP contribution in [0.1, 0.15) is 112 Å². The first-order chi connectivity index (χ1) is 22.2. The molecule has 0 radical (unpaired) electrons. The zero-order valence-corrected chi connectivity index (χ0v) is 30.0. The lowest BCUT2D eigenvalue weighted by molar-refractivity contribution is 0.233. The molecule has 4 aromatic carbocycles. The summed E-state index contributed by atoms with van der Waals surface area (Å²) in [5.41, 5.74) is 8.94. The number of rotatable bonds is 17. The largest absolute Gasteiger partial charge is 0.493 e. The second-order valence-corrected chi connectivity index (χ2v) is 13.7. The number of hydrogen-bond acceptors (Lipinski definition) is 2. The summed E-state index contributed by atoms with van der Waals surface area (Å²) in [6.07, 6.45) is 9.27.